The van der Waals surface area contributed by atoms with Gasteiger partial charge in [0.1, 0.15) is 4.60 Å². The van der Waals surface area contributed by atoms with Gasteiger partial charge in [-0.2, -0.15) is 5.10 Å². The number of imidazole rings is 1. The summed E-state index contributed by atoms with van der Waals surface area (Å²) >= 11 is 3.39. The second kappa shape index (κ2) is 4.38. The fraction of sp³-hybridized carbons (Fsp3) is 0.0769. The van der Waals surface area contributed by atoms with Crippen LogP contribution in [0.15, 0.2) is 34.9 Å². The number of hydrogen-bond acceptors (Lipinski definition) is 2. The number of nitrogens with zero attached hydrogens (tertiary/aromatic N) is 3. The highest BCUT2D eigenvalue weighted by molar-refractivity contribution is 9.10. The maximum Gasteiger partial charge on any atom is 0.159 e. The molecule has 2 heterocycles. The zero-order chi connectivity index (χ0) is 13.6. The highest BCUT2D eigenvalue weighted by atomic mass is 79.9. The van der Waals surface area contributed by atoms with E-state index in [0.717, 1.165) is 22.4 Å². The normalized spacial score (nSPS) is 11.2. The summed E-state index contributed by atoms with van der Waals surface area (Å²) < 4.78 is 28.5. The lowest BCUT2D eigenvalue weighted by Crippen LogP contribution is -1.95. The Morgan fingerprint density at radius 3 is 2.63 bits per heavy atom. The molecule has 0 unspecified atom stereocenters. The van der Waals surface area contributed by atoms with E-state index < -0.39 is 11.6 Å². The third kappa shape index (κ3) is 2.02. The van der Waals surface area contributed by atoms with Crippen LogP contribution in [0.5, 0.6) is 0 Å². The van der Waals surface area contributed by atoms with Crippen LogP contribution in [0.4, 0.5) is 8.78 Å². The van der Waals surface area contributed by atoms with Crippen LogP contribution in [0.25, 0.3) is 16.9 Å². The van der Waals surface area contributed by atoms with E-state index in [9.17, 15) is 8.78 Å². The first-order valence-corrected chi connectivity index (χ1v) is 6.33. The first kappa shape index (κ1) is 12.2. The zero-order valence-electron chi connectivity index (χ0n) is 9.86. The Balaban J connectivity index is 2.19. The van der Waals surface area contributed by atoms with Gasteiger partial charge in [0.2, 0.25) is 0 Å². The number of rotatable bonds is 1. The van der Waals surface area contributed by atoms with E-state index in [1.165, 1.54) is 6.07 Å². The smallest absolute Gasteiger partial charge is 0.159 e. The van der Waals surface area contributed by atoms with Gasteiger partial charge in [0.15, 0.2) is 17.3 Å². The molecule has 0 aliphatic heterocycles. The van der Waals surface area contributed by atoms with E-state index in [1.54, 1.807) is 16.6 Å². The summed E-state index contributed by atoms with van der Waals surface area (Å²) in [6.45, 7) is 1.86. The third-order valence-corrected chi connectivity index (χ3v) is 3.71. The zero-order valence-corrected chi connectivity index (χ0v) is 11.4. The lowest BCUT2D eigenvalue weighted by molar-refractivity contribution is 0.509. The predicted molar refractivity (Wildman–Crippen MR) is 70.8 cm³/mol. The number of benzene rings is 1. The average Bonchev–Trinajstić information content (AvgIpc) is 2.68. The van der Waals surface area contributed by atoms with Gasteiger partial charge in [-0.05, 0) is 53.2 Å². The molecule has 0 saturated carbocycles. The molecule has 2 aromatic heterocycles. The molecule has 3 nitrogen and oxygen atoms in total. The van der Waals surface area contributed by atoms with Crippen molar-refractivity contribution in [2.45, 2.75) is 6.92 Å². The minimum absolute atomic E-state index is 0.513. The second-order valence-corrected chi connectivity index (χ2v) is 4.86. The molecule has 1 aromatic carbocycles. The Hall–Kier alpha value is -1.82. The van der Waals surface area contributed by atoms with Crippen LogP contribution in [0.2, 0.25) is 0 Å². The van der Waals surface area contributed by atoms with Crippen molar-refractivity contribution in [3.8, 4) is 11.3 Å². The van der Waals surface area contributed by atoms with Crippen molar-refractivity contribution in [2.75, 3.05) is 0 Å². The van der Waals surface area contributed by atoms with Gasteiger partial charge in [0.25, 0.3) is 0 Å². The maximum absolute atomic E-state index is 13.2. The van der Waals surface area contributed by atoms with Crippen LogP contribution < -0.4 is 0 Å². The van der Waals surface area contributed by atoms with Crippen molar-refractivity contribution in [1.29, 1.82) is 0 Å². The van der Waals surface area contributed by atoms with E-state index in [-0.39, 0.29) is 0 Å². The Kier molecular flexibility index (Phi) is 2.82. The molecule has 0 radical (unpaired) electrons. The quantitative estimate of drug-likeness (QED) is 0.682. The van der Waals surface area contributed by atoms with Gasteiger partial charge < -0.3 is 0 Å². The van der Waals surface area contributed by atoms with Gasteiger partial charge in [-0.1, -0.05) is 0 Å². The summed E-state index contributed by atoms with van der Waals surface area (Å²) in [5.41, 5.74) is 2.56. The molecular formula is C13H8BrF2N3. The van der Waals surface area contributed by atoms with E-state index in [4.69, 9.17) is 0 Å². The molecule has 0 N–H and O–H groups in total. The highest BCUT2D eigenvalue weighted by Gasteiger charge is 2.10. The van der Waals surface area contributed by atoms with E-state index >= 15 is 0 Å². The first-order chi connectivity index (χ1) is 9.06. The van der Waals surface area contributed by atoms with Gasteiger partial charge in [0, 0.05) is 5.56 Å². The lowest BCUT2D eigenvalue weighted by Gasteiger charge is -2.03. The van der Waals surface area contributed by atoms with Gasteiger partial charge in [-0.15, -0.1) is 0 Å². The van der Waals surface area contributed by atoms with Crippen molar-refractivity contribution >= 4 is 21.6 Å². The number of hydrogen-bond donors (Lipinski definition) is 0. The molecule has 0 fully saturated rings. The fourth-order valence-electron chi connectivity index (χ4n) is 1.83. The summed E-state index contributed by atoms with van der Waals surface area (Å²) in [5.74, 6) is -1.76. The van der Waals surface area contributed by atoms with Gasteiger partial charge in [-0.25, -0.2) is 18.3 Å². The SMILES string of the molecule is Cc1nc2ccc(-c3ccc(F)c(F)c3)nn2c1Br. The molecule has 0 atom stereocenters. The molecule has 3 rings (SSSR count). The molecule has 0 aliphatic rings. The standard InChI is InChI=1S/C13H8BrF2N3/c1-7-13(14)19-12(17-7)5-4-11(18-19)8-2-3-9(15)10(16)6-8/h2-6H,1H3. The van der Waals surface area contributed by atoms with Crippen LogP contribution in [0.3, 0.4) is 0 Å². The number of fused-ring (bicyclic) bond motifs is 1. The van der Waals surface area contributed by atoms with Crippen LogP contribution >= 0.6 is 15.9 Å². The van der Waals surface area contributed by atoms with E-state index in [0.29, 0.717) is 16.9 Å². The topological polar surface area (TPSA) is 30.2 Å². The van der Waals surface area contributed by atoms with Gasteiger partial charge in [-0.3, -0.25) is 0 Å². The Labute approximate surface area is 116 Å². The van der Waals surface area contributed by atoms with Crippen molar-refractivity contribution in [3.63, 3.8) is 0 Å². The molecule has 0 bridgehead atoms. The summed E-state index contributed by atoms with van der Waals surface area (Å²) in [5, 5.41) is 4.35. The van der Waals surface area contributed by atoms with Crippen LogP contribution in [0, 0.1) is 18.6 Å². The summed E-state index contributed by atoms with van der Waals surface area (Å²) in [7, 11) is 0. The van der Waals surface area contributed by atoms with E-state index in [1.807, 2.05) is 6.92 Å². The minimum atomic E-state index is -0.889. The van der Waals surface area contributed by atoms with Crippen molar-refractivity contribution in [3.05, 3.63) is 52.3 Å². The summed E-state index contributed by atoms with van der Waals surface area (Å²) in [6.07, 6.45) is 0. The molecule has 96 valence electrons. The van der Waals surface area contributed by atoms with Crippen molar-refractivity contribution in [2.24, 2.45) is 0 Å². The molecule has 0 spiro atoms. The molecule has 3 aromatic rings. The lowest BCUT2D eigenvalue weighted by atomic mass is 10.1. The Bertz CT molecular complexity index is 783. The average molecular weight is 324 g/mol. The number of aryl methyl sites for hydroxylation is 1. The van der Waals surface area contributed by atoms with Crippen molar-refractivity contribution < 1.29 is 8.78 Å². The Morgan fingerprint density at radius 1 is 1.11 bits per heavy atom. The van der Waals surface area contributed by atoms with Crippen LogP contribution in [0.1, 0.15) is 5.69 Å². The molecule has 0 aliphatic carbocycles. The minimum Gasteiger partial charge on any atom is -0.231 e. The Morgan fingerprint density at radius 2 is 1.89 bits per heavy atom. The van der Waals surface area contributed by atoms with Crippen LogP contribution in [-0.4, -0.2) is 14.6 Å². The van der Waals surface area contributed by atoms with Gasteiger partial charge in [0.05, 0.1) is 11.4 Å². The fourth-order valence-corrected chi connectivity index (χ4v) is 2.18. The summed E-state index contributed by atoms with van der Waals surface area (Å²) in [4.78, 5) is 4.30. The van der Waals surface area contributed by atoms with Crippen LogP contribution in [-0.2, 0) is 0 Å². The van der Waals surface area contributed by atoms with Gasteiger partial charge >= 0.3 is 0 Å². The molecular weight excluding hydrogens is 316 g/mol. The molecule has 6 heteroatoms. The van der Waals surface area contributed by atoms with E-state index in [2.05, 4.69) is 26.0 Å². The number of aromatic nitrogens is 3. The molecule has 0 saturated heterocycles. The maximum atomic E-state index is 13.2. The second-order valence-electron chi connectivity index (χ2n) is 4.11. The first-order valence-electron chi connectivity index (χ1n) is 5.53. The largest absolute Gasteiger partial charge is 0.231 e. The highest BCUT2D eigenvalue weighted by Crippen LogP contribution is 2.22. The monoisotopic (exact) mass is 323 g/mol. The third-order valence-electron chi connectivity index (χ3n) is 2.80. The predicted octanol–water partition coefficient (Wildman–Crippen LogP) is 3.75. The molecule has 19 heavy (non-hydrogen) atoms. The number of halogens is 3. The molecule has 0 amide bonds. The summed E-state index contributed by atoms with van der Waals surface area (Å²) in [6, 6.07) is 7.21. The van der Waals surface area contributed by atoms with Crippen molar-refractivity contribution in [1.82, 2.24) is 14.6 Å².